The summed E-state index contributed by atoms with van der Waals surface area (Å²) in [5.74, 6) is 6.51. The molecule has 6 heteroatoms. The Balaban J connectivity index is 2.65. The van der Waals surface area contributed by atoms with E-state index in [1.165, 1.54) is 0 Å². The molecule has 0 amide bonds. The van der Waals surface area contributed by atoms with Gasteiger partial charge in [-0.05, 0) is 19.1 Å². The number of pyridine rings is 1. The molecule has 0 aliphatic carbocycles. The first-order valence-electron chi connectivity index (χ1n) is 4.96. The normalized spacial score (nSPS) is 14.6. The average molecular weight is 262 g/mol. The molecule has 16 heavy (non-hydrogen) atoms. The number of aliphatic hydroxyl groups is 1. The van der Waals surface area contributed by atoms with Crippen LogP contribution >= 0.6 is 23.4 Å². The van der Waals surface area contributed by atoms with Gasteiger partial charge in [0.25, 0.3) is 0 Å². The lowest BCUT2D eigenvalue weighted by Crippen LogP contribution is -2.15. The lowest BCUT2D eigenvalue weighted by molar-refractivity contribution is 0.196. The number of aliphatic hydroxyl groups excluding tert-OH is 1. The second-order valence-corrected chi connectivity index (χ2v) is 5.30. The summed E-state index contributed by atoms with van der Waals surface area (Å²) in [4.78, 5) is 4.25. The van der Waals surface area contributed by atoms with Crippen molar-refractivity contribution in [3.05, 3.63) is 22.8 Å². The Labute approximate surface area is 105 Å². The van der Waals surface area contributed by atoms with E-state index in [2.05, 4.69) is 10.4 Å². The van der Waals surface area contributed by atoms with Gasteiger partial charge in [-0.25, -0.2) is 10.8 Å². The zero-order valence-electron chi connectivity index (χ0n) is 9.27. The number of nitrogens with zero attached hydrogens (tertiary/aromatic N) is 1. The molecule has 1 rings (SSSR count). The molecule has 1 aromatic rings. The van der Waals surface area contributed by atoms with Crippen LogP contribution in [-0.4, -0.2) is 21.4 Å². The van der Waals surface area contributed by atoms with Crippen LogP contribution in [0.25, 0.3) is 0 Å². The van der Waals surface area contributed by atoms with Crippen LogP contribution in [0.5, 0.6) is 0 Å². The molecule has 0 aromatic carbocycles. The van der Waals surface area contributed by atoms with E-state index in [4.69, 9.17) is 17.4 Å². The smallest absolute Gasteiger partial charge is 0.140 e. The van der Waals surface area contributed by atoms with Gasteiger partial charge in [-0.2, -0.15) is 0 Å². The van der Waals surface area contributed by atoms with Crippen molar-refractivity contribution in [3.63, 3.8) is 0 Å². The lowest BCUT2D eigenvalue weighted by Gasteiger charge is -2.14. The molecule has 0 spiro atoms. The number of nitrogens with two attached hydrogens (primary N) is 1. The second kappa shape index (κ2) is 6.30. The highest BCUT2D eigenvalue weighted by atomic mass is 35.5. The highest BCUT2D eigenvalue weighted by molar-refractivity contribution is 7.99. The van der Waals surface area contributed by atoms with Crippen LogP contribution in [0.2, 0.25) is 5.02 Å². The third kappa shape index (κ3) is 3.83. The zero-order chi connectivity index (χ0) is 12.1. The highest BCUT2D eigenvalue weighted by Crippen LogP contribution is 2.24. The lowest BCUT2D eigenvalue weighted by atomic mass is 10.3. The maximum absolute atomic E-state index is 9.36. The Morgan fingerprint density at radius 2 is 2.25 bits per heavy atom. The van der Waals surface area contributed by atoms with Gasteiger partial charge < -0.3 is 10.5 Å². The number of hydrazine groups is 1. The van der Waals surface area contributed by atoms with Gasteiger partial charge in [0.15, 0.2) is 0 Å². The van der Waals surface area contributed by atoms with Gasteiger partial charge in [0.05, 0.1) is 16.8 Å². The number of rotatable bonds is 5. The number of hydrogen-bond donors (Lipinski definition) is 3. The molecular formula is C10H16ClN3OS. The number of nitrogens with one attached hydrogen (secondary N) is 1. The standard InChI is InChI=1S/C10H16ClN3OS/c1-6(15)7(2)16-5-9-8(11)3-4-10(13-9)14-12/h3-4,6-7,15H,5,12H2,1-2H3,(H,13,14). The molecule has 0 aliphatic rings. The van der Waals surface area contributed by atoms with Crippen LogP contribution in [0.15, 0.2) is 12.1 Å². The van der Waals surface area contributed by atoms with Crippen LogP contribution in [0.3, 0.4) is 0 Å². The van der Waals surface area contributed by atoms with Gasteiger partial charge in [-0.3, -0.25) is 0 Å². The predicted octanol–water partition coefficient (Wildman–Crippen LogP) is 2.02. The number of halogens is 1. The zero-order valence-corrected chi connectivity index (χ0v) is 10.8. The van der Waals surface area contributed by atoms with Crippen molar-refractivity contribution in [2.24, 2.45) is 5.84 Å². The molecule has 1 heterocycles. The third-order valence-corrected chi connectivity index (χ3v) is 3.93. The fourth-order valence-electron chi connectivity index (χ4n) is 1.02. The Morgan fingerprint density at radius 1 is 1.56 bits per heavy atom. The summed E-state index contributed by atoms with van der Waals surface area (Å²) in [5.41, 5.74) is 3.25. The first-order valence-corrected chi connectivity index (χ1v) is 6.39. The van der Waals surface area contributed by atoms with E-state index in [-0.39, 0.29) is 11.4 Å². The van der Waals surface area contributed by atoms with Gasteiger partial charge in [-0.15, -0.1) is 11.8 Å². The van der Waals surface area contributed by atoms with Crippen molar-refractivity contribution in [1.29, 1.82) is 0 Å². The molecule has 0 radical (unpaired) electrons. The van der Waals surface area contributed by atoms with Crippen molar-refractivity contribution in [1.82, 2.24) is 4.98 Å². The van der Waals surface area contributed by atoms with Gasteiger partial charge in [0.2, 0.25) is 0 Å². The van der Waals surface area contributed by atoms with E-state index >= 15 is 0 Å². The van der Waals surface area contributed by atoms with Crippen molar-refractivity contribution < 1.29 is 5.11 Å². The number of aromatic nitrogens is 1. The molecule has 2 atom stereocenters. The van der Waals surface area contributed by atoms with Crippen molar-refractivity contribution in [2.45, 2.75) is 31.0 Å². The molecular weight excluding hydrogens is 246 g/mol. The number of thioether (sulfide) groups is 1. The fraction of sp³-hybridized carbons (Fsp3) is 0.500. The van der Waals surface area contributed by atoms with E-state index in [1.807, 2.05) is 6.92 Å². The number of anilines is 1. The molecule has 0 aliphatic heterocycles. The summed E-state index contributed by atoms with van der Waals surface area (Å²) in [7, 11) is 0. The van der Waals surface area contributed by atoms with Gasteiger partial charge in [0, 0.05) is 11.0 Å². The molecule has 0 saturated heterocycles. The maximum atomic E-state index is 9.36. The summed E-state index contributed by atoms with van der Waals surface area (Å²) in [6.07, 6.45) is -0.348. The van der Waals surface area contributed by atoms with Crippen LogP contribution in [-0.2, 0) is 5.75 Å². The average Bonchev–Trinajstić information content (AvgIpc) is 2.27. The number of hydrogen-bond acceptors (Lipinski definition) is 5. The SMILES string of the molecule is CC(O)C(C)SCc1nc(NN)ccc1Cl. The fourth-order valence-corrected chi connectivity index (χ4v) is 2.19. The topological polar surface area (TPSA) is 71.2 Å². The van der Waals surface area contributed by atoms with Crippen LogP contribution in [0.4, 0.5) is 5.82 Å². The van der Waals surface area contributed by atoms with E-state index < -0.39 is 0 Å². The minimum absolute atomic E-state index is 0.146. The van der Waals surface area contributed by atoms with Gasteiger partial charge in [0.1, 0.15) is 5.82 Å². The van der Waals surface area contributed by atoms with E-state index in [0.29, 0.717) is 16.6 Å². The minimum Gasteiger partial charge on any atom is -0.392 e. The van der Waals surface area contributed by atoms with E-state index in [9.17, 15) is 5.11 Å². The van der Waals surface area contributed by atoms with Crippen molar-refractivity contribution in [2.75, 3.05) is 5.43 Å². The molecule has 0 saturated carbocycles. The number of nitrogen functional groups attached to an aromatic ring is 1. The predicted molar refractivity (Wildman–Crippen MR) is 69.5 cm³/mol. The summed E-state index contributed by atoms with van der Waals surface area (Å²) in [6.45, 7) is 3.73. The quantitative estimate of drug-likeness (QED) is 0.559. The molecule has 1 aromatic heterocycles. The van der Waals surface area contributed by atoms with Crippen molar-refractivity contribution in [3.8, 4) is 0 Å². The summed E-state index contributed by atoms with van der Waals surface area (Å²) >= 11 is 7.61. The molecule has 0 bridgehead atoms. The molecule has 2 unspecified atom stereocenters. The van der Waals surface area contributed by atoms with Crippen LogP contribution < -0.4 is 11.3 Å². The summed E-state index contributed by atoms with van der Waals surface area (Å²) < 4.78 is 0. The van der Waals surface area contributed by atoms with Gasteiger partial charge >= 0.3 is 0 Å². The maximum Gasteiger partial charge on any atom is 0.140 e. The molecule has 4 N–H and O–H groups in total. The largest absolute Gasteiger partial charge is 0.392 e. The Kier molecular flexibility index (Phi) is 5.34. The summed E-state index contributed by atoms with van der Waals surface area (Å²) in [5, 5.41) is 10.1. The Hall–Kier alpha value is -0.490. The Morgan fingerprint density at radius 3 is 2.81 bits per heavy atom. The van der Waals surface area contributed by atoms with E-state index in [1.54, 1.807) is 30.8 Å². The molecule has 90 valence electrons. The van der Waals surface area contributed by atoms with Crippen LogP contribution in [0.1, 0.15) is 19.5 Å². The molecule has 4 nitrogen and oxygen atoms in total. The van der Waals surface area contributed by atoms with E-state index in [0.717, 1.165) is 5.69 Å². The summed E-state index contributed by atoms with van der Waals surface area (Å²) in [6, 6.07) is 3.47. The molecule has 0 fully saturated rings. The monoisotopic (exact) mass is 261 g/mol. The van der Waals surface area contributed by atoms with Gasteiger partial charge in [-0.1, -0.05) is 18.5 Å². The highest BCUT2D eigenvalue weighted by Gasteiger charge is 2.11. The minimum atomic E-state index is -0.348. The first kappa shape index (κ1) is 13.6. The van der Waals surface area contributed by atoms with Crippen LogP contribution in [0, 0.1) is 0 Å². The first-order chi connectivity index (χ1) is 7.54. The Bertz CT molecular complexity index is 349. The second-order valence-electron chi connectivity index (χ2n) is 3.53. The third-order valence-electron chi connectivity index (χ3n) is 2.23. The van der Waals surface area contributed by atoms with Crippen molar-refractivity contribution >= 4 is 29.2 Å².